The van der Waals surface area contributed by atoms with Gasteiger partial charge in [0.05, 0.1) is 24.9 Å². The predicted molar refractivity (Wildman–Crippen MR) is 40.7 cm³/mol. The highest BCUT2D eigenvalue weighted by molar-refractivity contribution is 4.88. The predicted octanol–water partition coefficient (Wildman–Crippen LogP) is -0.101. The van der Waals surface area contributed by atoms with Gasteiger partial charge in [-0.2, -0.15) is 0 Å². The Balaban J connectivity index is 1.99. The summed E-state index contributed by atoms with van der Waals surface area (Å²) >= 11 is 0. The average Bonchev–Trinajstić information content (AvgIpc) is 2.02. The van der Waals surface area contributed by atoms with Gasteiger partial charge in [-0.25, -0.2) is 0 Å². The van der Waals surface area contributed by atoms with Crippen LogP contribution in [0.25, 0.3) is 0 Å². The van der Waals surface area contributed by atoms with Crippen LogP contribution in [0.1, 0.15) is 13.3 Å². The maximum atomic E-state index is 9.67. The van der Waals surface area contributed by atoms with Crippen molar-refractivity contribution in [2.45, 2.75) is 31.2 Å². The van der Waals surface area contributed by atoms with Gasteiger partial charge in [0.15, 0.2) is 0 Å². The first-order valence-corrected chi connectivity index (χ1v) is 4.21. The minimum absolute atomic E-state index is 0.00231. The van der Waals surface area contributed by atoms with Gasteiger partial charge < -0.3 is 19.3 Å². The highest BCUT2D eigenvalue weighted by Gasteiger charge is 2.39. The molecular formula is C8H14O4. The largest absolute Gasteiger partial charge is 0.388 e. The van der Waals surface area contributed by atoms with Crippen molar-refractivity contribution in [3.8, 4) is 0 Å². The molecule has 4 nitrogen and oxygen atoms in total. The van der Waals surface area contributed by atoms with Gasteiger partial charge in [-0.1, -0.05) is 0 Å². The molecule has 2 saturated heterocycles. The summed E-state index contributed by atoms with van der Waals surface area (Å²) in [5, 5.41) is 9.67. The SMILES string of the molecule is CC1(O)COC2COCOC2C1. The summed E-state index contributed by atoms with van der Waals surface area (Å²) < 4.78 is 15.8. The zero-order valence-electron chi connectivity index (χ0n) is 7.16. The molecule has 3 unspecified atom stereocenters. The summed E-state index contributed by atoms with van der Waals surface area (Å²) in [6.45, 7) is 3.05. The van der Waals surface area contributed by atoms with Crippen LogP contribution in [0.2, 0.25) is 0 Å². The maximum absolute atomic E-state index is 9.67. The van der Waals surface area contributed by atoms with Crippen LogP contribution in [0, 0.1) is 0 Å². The van der Waals surface area contributed by atoms with Crippen LogP contribution < -0.4 is 0 Å². The molecule has 3 atom stereocenters. The van der Waals surface area contributed by atoms with E-state index in [0.29, 0.717) is 26.4 Å². The monoisotopic (exact) mass is 174 g/mol. The number of hydrogen-bond acceptors (Lipinski definition) is 4. The van der Waals surface area contributed by atoms with Gasteiger partial charge in [-0.3, -0.25) is 0 Å². The quantitative estimate of drug-likeness (QED) is 0.557. The zero-order chi connectivity index (χ0) is 8.60. The Morgan fingerprint density at radius 2 is 2.17 bits per heavy atom. The Morgan fingerprint density at radius 3 is 3.00 bits per heavy atom. The van der Waals surface area contributed by atoms with Crippen molar-refractivity contribution in [3.05, 3.63) is 0 Å². The highest BCUT2D eigenvalue weighted by atomic mass is 16.7. The van der Waals surface area contributed by atoms with Gasteiger partial charge in [-0.05, 0) is 6.92 Å². The van der Waals surface area contributed by atoms with Crippen LogP contribution in [-0.4, -0.2) is 42.9 Å². The minimum Gasteiger partial charge on any atom is -0.388 e. The van der Waals surface area contributed by atoms with E-state index < -0.39 is 5.60 Å². The van der Waals surface area contributed by atoms with E-state index in [2.05, 4.69) is 0 Å². The normalized spacial score (nSPS) is 48.5. The fourth-order valence-corrected chi connectivity index (χ4v) is 1.64. The zero-order valence-corrected chi connectivity index (χ0v) is 7.16. The molecule has 70 valence electrons. The van der Waals surface area contributed by atoms with Gasteiger partial charge in [0, 0.05) is 6.42 Å². The lowest BCUT2D eigenvalue weighted by atomic mass is 9.93. The Labute approximate surface area is 71.4 Å². The molecule has 0 saturated carbocycles. The van der Waals surface area contributed by atoms with Crippen molar-refractivity contribution in [3.63, 3.8) is 0 Å². The van der Waals surface area contributed by atoms with Crippen molar-refractivity contribution in [1.29, 1.82) is 0 Å². The van der Waals surface area contributed by atoms with E-state index in [4.69, 9.17) is 14.2 Å². The highest BCUT2D eigenvalue weighted by Crippen LogP contribution is 2.27. The number of ether oxygens (including phenoxy) is 3. The molecule has 1 N–H and O–H groups in total. The second-order valence-corrected chi connectivity index (χ2v) is 3.74. The van der Waals surface area contributed by atoms with Crippen LogP contribution in [0.15, 0.2) is 0 Å². The van der Waals surface area contributed by atoms with Gasteiger partial charge in [-0.15, -0.1) is 0 Å². The molecule has 2 aliphatic rings. The number of rotatable bonds is 0. The molecule has 0 aromatic rings. The average molecular weight is 174 g/mol. The van der Waals surface area contributed by atoms with Crippen molar-refractivity contribution in [2.75, 3.05) is 20.0 Å². The van der Waals surface area contributed by atoms with Gasteiger partial charge in [0.2, 0.25) is 0 Å². The summed E-state index contributed by atoms with van der Waals surface area (Å²) in [6, 6.07) is 0. The van der Waals surface area contributed by atoms with Crippen LogP contribution in [0.4, 0.5) is 0 Å². The van der Waals surface area contributed by atoms with E-state index in [9.17, 15) is 5.11 Å². The lowest BCUT2D eigenvalue weighted by molar-refractivity contribution is -0.256. The topological polar surface area (TPSA) is 47.9 Å². The van der Waals surface area contributed by atoms with Crippen molar-refractivity contribution >= 4 is 0 Å². The van der Waals surface area contributed by atoms with E-state index >= 15 is 0 Å². The lowest BCUT2D eigenvalue weighted by Gasteiger charge is -2.41. The third kappa shape index (κ3) is 1.61. The molecule has 0 aromatic heterocycles. The summed E-state index contributed by atoms with van der Waals surface area (Å²) in [4.78, 5) is 0. The van der Waals surface area contributed by atoms with Gasteiger partial charge >= 0.3 is 0 Å². The fraction of sp³-hybridized carbons (Fsp3) is 1.00. The smallest absolute Gasteiger partial charge is 0.147 e. The fourth-order valence-electron chi connectivity index (χ4n) is 1.64. The Kier molecular flexibility index (Phi) is 2.08. The maximum Gasteiger partial charge on any atom is 0.147 e. The van der Waals surface area contributed by atoms with Crippen LogP contribution >= 0.6 is 0 Å². The molecule has 2 aliphatic heterocycles. The molecule has 0 aliphatic carbocycles. The van der Waals surface area contributed by atoms with E-state index in [0.717, 1.165) is 0 Å². The van der Waals surface area contributed by atoms with Gasteiger partial charge in [0.1, 0.15) is 12.9 Å². The number of hydrogen-bond donors (Lipinski definition) is 1. The molecule has 0 aromatic carbocycles. The number of aliphatic hydroxyl groups is 1. The van der Waals surface area contributed by atoms with E-state index in [1.54, 1.807) is 6.92 Å². The van der Waals surface area contributed by atoms with E-state index in [-0.39, 0.29) is 12.2 Å². The first-order valence-electron chi connectivity index (χ1n) is 4.21. The summed E-state index contributed by atoms with van der Waals surface area (Å²) in [5.74, 6) is 0. The van der Waals surface area contributed by atoms with Crippen LogP contribution in [-0.2, 0) is 14.2 Å². The third-order valence-electron chi connectivity index (χ3n) is 2.31. The summed E-state index contributed by atoms with van der Waals surface area (Å²) in [5.41, 5.74) is -0.738. The Morgan fingerprint density at radius 1 is 1.33 bits per heavy atom. The molecule has 0 radical (unpaired) electrons. The standard InChI is InChI=1S/C8H14O4/c1-8(9)2-6-7(11-4-8)3-10-5-12-6/h6-7,9H,2-5H2,1H3. The Bertz CT molecular complexity index is 168. The lowest BCUT2D eigenvalue weighted by Crippen LogP contribution is -2.52. The molecule has 12 heavy (non-hydrogen) atoms. The molecule has 4 heteroatoms. The van der Waals surface area contributed by atoms with Crippen molar-refractivity contribution < 1.29 is 19.3 Å². The molecule has 0 amide bonds. The van der Waals surface area contributed by atoms with Crippen LogP contribution in [0.5, 0.6) is 0 Å². The first kappa shape index (κ1) is 8.44. The summed E-state index contributed by atoms with van der Waals surface area (Å²) in [6.07, 6.45) is 0.655. The second-order valence-electron chi connectivity index (χ2n) is 3.74. The molecule has 2 fully saturated rings. The van der Waals surface area contributed by atoms with Gasteiger partial charge in [0.25, 0.3) is 0 Å². The second kappa shape index (κ2) is 2.96. The molecular weight excluding hydrogens is 160 g/mol. The third-order valence-corrected chi connectivity index (χ3v) is 2.31. The molecule has 2 heterocycles. The number of fused-ring (bicyclic) bond motifs is 1. The van der Waals surface area contributed by atoms with E-state index in [1.165, 1.54) is 0 Å². The Hall–Kier alpha value is -0.160. The minimum atomic E-state index is -0.738. The molecule has 2 rings (SSSR count). The molecule has 0 bridgehead atoms. The van der Waals surface area contributed by atoms with Crippen LogP contribution in [0.3, 0.4) is 0 Å². The van der Waals surface area contributed by atoms with Crippen molar-refractivity contribution in [2.24, 2.45) is 0 Å². The molecule has 0 spiro atoms. The summed E-state index contributed by atoms with van der Waals surface area (Å²) in [7, 11) is 0. The van der Waals surface area contributed by atoms with E-state index in [1.807, 2.05) is 0 Å². The first-order chi connectivity index (χ1) is 5.67. The van der Waals surface area contributed by atoms with Crippen molar-refractivity contribution in [1.82, 2.24) is 0 Å².